The van der Waals surface area contributed by atoms with Crippen LogP contribution in [0.15, 0.2) is 24.3 Å². The maximum Gasteiger partial charge on any atom is 0.328 e. The molecule has 1 rings (SSSR count). The minimum absolute atomic E-state index is 0.420. The third-order valence-electron chi connectivity index (χ3n) is 2.22. The fourth-order valence-corrected chi connectivity index (χ4v) is 1.35. The Balaban J connectivity index is 2.69. The lowest BCUT2D eigenvalue weighted by atomic mass is 10.3. The maximum absolute atomic E-state index is 11.6. The van der Waals surface area contributed by atoms with Gasteiger partial charge in [-0.3, -0.25) is 0 Å². The highest BCUT2D eigenvalue weighted by atomic mass is 16.5. The van der Waals surface area contributed by atoms with Crippen molar-refractivity contribution in [2.45, 2.75) is 13.0 Å². The first-order chi connectivity index (χ1) is 9.08. The molecule has 0 saturated heterocycles. The van der Waals surface area contributed by atoms with Crippen LogP contribution in [0.25, 0.3) is 0 Å². The Bertz CT molecular complexity index is 450. The van der Waals surface area contributed by atoms with Gasteiger partial charge in [0.15, 0.2) is 6.04 Å². The van der Waals surface area contributed by atoms with Gasteiger partial charge in [0.05, 0.1) is 18.9 Å². The fourth-order valence-electron chi connectivity index (χ4n) is 1.35. The number of anilines is 1. The van der Waals surface area contributed by atoms with Crippen molar-refractivity contribution in [2.24, 2.45) is 0 Å². The summed E-state index contributed by atoms with van der Waals surface area (Å²) in [6, 6.07) is 4.69. The van der Waals surface area contributed by atoms with E-state index in [-0.39, 0.29) is 0 Å². The van der Waals surface area contributed by atoms with Crippen LogP contribution >= 0.6 is 0 Å². The van der Waals surface area contributed by atoms with E-state index >= 15 is 0 Å². The molecule has 19 heavy (non-hydrogen) atoms. The zero-order valence-corrected chi connectivity index (χ0v) is 10.4. The molecule has 1 aromatic carbocycles. The first-order valence-electron chi connectivity index (χ1n) is 5.71. The average molecular weight is 268 g/mol. The second-order valence-electron chi connectivity index (χ2n) is 3.60. The number of benzene rings is 1. The second kappa shape index (κ2) is 7.22. The number of carbonyl (C=O) groups is 2. The van der Waals surface area contributed by atoms with Crippen molar-refractivity contribution >= 4 is 17.7 Å². The van der Waals surface area contributed by atoms with Crippen molar-refractivity contribution in [2.75, 3.05) is 18.5 Å². The van der Waals surface area contributed by atoms with Crippen LogP contribution in [0.3, 0.4) is 0 Å². The highest BCUT2D eigenvalue weighted by Gasteiger charge is 2.19. The van der Waals surface area contributed by atoms with Crippen molar-refractivity contribution in [3.05, 3.63) is 24.3 Å². The number of para-hydroxylation sites is 2. The third kappa shape index (κ3) is 4.47. The molecular weight excluding hydrogens is 252 g/mol. The summed E-state index contributed by atoms with van der Waals surface area (Å²) >= 11 is 0. The van der Waals surface area contributed by atoms with Crippen molar-refractivity contribution in [1.29, 1.82) is 0 Å². The molecular formula is C12H16N2O5. The van der Waals surface area contributed by atoms with Gasteiger partial charge in [-0.25, -0.2) is 9.59 Å². The van der Waals surface area contributed by atoms with Crippen molar-refractivity contribution in [3.63, 3.8) is 0 Å². The van der Waals surface area contributed by atoms with Crippen molar-refractivity contribution < 1.29 is 24.5 Å². The molecule has 0 radical (unpaired) electrons. The van der Waals surface area contributed by atoms with Gasteiger partial charge < -0.3 is 25.6 Å². The molecule has 104 valence electrons. The first-order valence-corrected chi connectivity index (χ1v) is 5.71. The lowest BCUT2D eigenvalue weighted by Gasteiger charge is -2.14. The van der Waals surface area contributed by atoms with Gasteiger partial charge in [0, 0.05) is 0 Å². The topological polar surface area (TPSA) is 108 Å². The van der Waals surface area contributed by atoms with Gasteiger partial charge in [-0.15, -0.1) is 0 Å². The summed E-state index contributed by atoms with van der Waals surface area (Å²) < 4.78 is 5.31. The van der Waals surface area contributed by atoms with Crippen LogP contribution in [0.4, 0.5) is 10.5 Å². The van der Waals surface area contributed by atoms with E-state index in [4.69, 9.17) is 14.9 Å². The monoisotopic (exact) mass is 268 g/mol. The minimum Gasteiger partial charge on any atom is -0.492 e. The van der Waals surface area contributed by atoms with E-state index in [1.165, 1.54) is 0 Å². The number of carboxylic acid groups (broad SMARTS) is 1. The van der Waals surface area contributed by atoms with E-state index in [9.17, 15) is 9.59 Å². The summed E-state index contributed by atoms with van der Waals surface area (Å²) in [6.45, 7) is 1.56. The number of ether oxygens (including phenoxy) is 1. The summed E-state index contributed by atoms with van der Waals surface area (Å²) in [4.78, 5) is 22.3. The summed E-state index contributed by atoms with van der Waals surface area (Å²) in [5.41, 5.74) is 0.420. The zero-order chi connectivity index (χ0) is 14.3. The molecule has 7 heteroatoms. The van der Waals surface area contributed by atoms with E-state index in [2.05, 4.69) is 10.6 Å². The number of carbonyl (C=O) groups excluding carboxylic acids is 1. The standard InChI is InChI=1S/C12H16N2O5/c1-2-19-10-6-4-3-5-8(10)13-12(18)14-9(7-15)11(16)17/h3-6,9,15H,2,7H2,1H3,(H,16,17)(H2,13,14,18). The van der Waals surface area contributed by atoms with E-state index < -0.39 is 24.6 Å². The summed E-state index contributed by atoms with van der Waals surface area (Å²) in [5.74, 6) is -0.827. The molecule has 0 bridgehead atoms. The summed E-state index contributed by atoms with van der Waals surface area (Å²) in [6.07, 6.45) is 0. The third-order valence-corrected chi connectivity index (χ3v) is 2.22. The normalized spacial score (nSPS) is 11.5. The summed E-state index contributed by atoms with van der Waals surface area (Å²) in [5, 5.41) is 22.1. The molecule has 1 aromatic rings. The SMILES string of the molecule is CCOc1ccccc1NC(=O)NC(CO)C(=O)O. The number of carboxylic acids is 1. The molecule has 4 N–H and O–H groups in total. The van der Waals surface area contributed by atoms with Crippen LogP contribution in [0.2, 0.25) is 0 Å². The molecule has 0 aliphatic carbocycles. The van der Waals surface area contributed by atoms with Gasteiger partial charge in [0.25, 0.3) is 0 Å². The zero-order valence-electron chi connectivity index (χ0n) is 10.4. The number of aliphatic hydroxyl groups excluding tert-OH is 1. The fraction of sp³-hybridized carbons (Fsp3) is 0.333. The Morgan fingerprint density at radius 3 is 2.63 bits per heavy atom. The summed E-state index contributed by atoms with van der Waals surface area (Å²) in [7, 11) is 0. The number of rotatable bonds is 6. The number of nitrogens with one attached hydrogen (secondary N) is 2. The lowest BCUT2D eigenvalue weighted by Crippen LogP contribution is -2.45. The van der Waals surface area contributed by atoms with Gasteiger partial charge in [-0.1, -0.05) is 12.1 Å². The highest BCUT2D eigenvalue weighted by Crippen LogP contribution is 2.23. The first kappa shape index (κ1) is 14.8. The predicted octanol–water partition coefficient (Wildman–Crippen LogP) is 0.652. The van der Waals surface area contributed by atoms with Gasteiger partial charge in [-0.05, 0) is 19.1 Å². The van der Waals surface area contributed by atoms with Crippen LogP contribution in [0.1, 0.15) is 6.92 Å². The molecule has 0 aliphatic rings. The number of hydrogen-bond donors (Lipinski definition) is 4. The minimum atomic E-state index is -1.35. The number of amides is 2. The van der Waals surface area contributed by atoms with Crippen LogP contribution < -0.4 is 15.4 Å². The smallest absolute Gasteiger partial charge is 0.328 e. The number of aliphatic carboxylic acids is 1. The molecule has 0 aliphatic heterocycles. The van der Waals surface area contributed by atoms with Crippen LogP contribution in [-0.4, -0.2) is 41.5 Å². The van der Waals surface area contributed by atoms with E-state index in [1.807, 2.05) is 6.92 Å². The Kier molecular flexibility index (Phi) is 5.62. The van der Waals surface area contributed by atoms with E-state index in [0.29, 0.717) is 18.0 Å². The number of hydrogen-bond acceptors (Lipinski definition) is 4. The molecule has 0 aromatic heterocycles. The molecule has 7 nitrogen and oxygen atoms in total. The average Bonchev–Trinajstić information content (AvgIpc) is 2.38. The van der Waals surface area contributed by atoms with Crippen molar-refractivity contribution in [1.82, 2.24) is 5.32 Å². The van der Waals surface area contributed by atoms with Gasteiger partial charge in [0.2, 0.25) is 0 Å². The van der Waals surface area contributed by atoms with Crippen LogP contribution in [0.5, 0.6) is 5.75 Å². The quantitative estimate of drug-likeness (QED) is 0.606. The van der Waals surface area contributed by atoms with Crippen LogP contribution in [0, 0.1) is 0 Å². The lowest BCUT2D eigenvalue weighted by molar-refractivity contribution is -0.140. The molecule has 2 amide bonds. The number of urea groups is 1. The predicted molar refractivity (Wildman–Crippen MR) is 68.3 cm³/mol. The maximum atomic E-state index is 11.6. The second-order valence-corrected chi connectivity index (χ2v) is 3.60. The Hall–Kier alpha value is -2.28. The Labute approximate surface area is 110 Å². The molecule has 0 fully saturated rings. The van der Waals surface area contributed by atoms with Crippen molar-refractivity contribution in [3.8, 4) is 5.75 Å². The van der Waals surface area contributed by atoms with E-state index in [0.717, 1.165) is 0 Å². The van der Waals surface area contributed by atoms with Gasteiger partial charge >= 0.3 is 12.0 Å². The molecule has 0 spiro atoms. The van der Waals surface area contributed by atoms with Gasteiger partial charge in [0.1, 0.15) is 5.75 Å². The Morgan fingerprint density at radius 1 is 1.37 bits per heavy atom. The Morgan fingerprint density at radius 2 is 2.05 bits per heavy atom. The van der Waals surface area contributed by atoms with E-state index in [1.54, 1.807) is 24.3 Å². The molecule has 1 atom stereocenters. The molecule has 0 saturated carbocycles. The molecule has 1 unspecified atom stereocenters. The highest BCUT2D eigenvalue weighted by molar-refractivity contribution is 5.93. The van der Waals surface area contributed by atoms with Crippen LogP contribution in [-0.2, 0) is 4.79 Å². The van der Waals surface area contributed by atoms with Gasteiger partial charge in [-0.2, -0.15) is 0 Å². The number of aliphatic hydroxyl groups is 1. The largest absolute Gasteiger partial charge is 0.492 e. The molecule has 0 heterocycles.